The van der Waals surface area contributed by atoms with E-state index >= 15 is 0 Å². The van der Waals surface area contributed by atoms with E-state index in [0.717, 1.165) is 0 Å². The molecule has 2 rings (SSSR count). The number of fused-ring (bicyclic) bond motifs is 1. The van der Waals surface area contributed by atoms with Crippen LogP contribution < -0.4 is 5.73 Å². The Morgan fingerprint density at radius 1 is 1.33 bits per heavy atom. The number of ether oxygens (including phenoxy) is 1. The van der Waals surface area contributed by atoms with Crippen molar-refractivity contribution in [2.24, 2.45) is 5.73 Å². The summed E-state index contributed by atoms with van der Waals surface area (Å²) in [5, 5.41) is 16.7. The zero-order valence-corrected chi connectivity index (χ0v) is 7.40. The van der Waals surface area contributed by atoms with Gasteiger partial charge in [-0.25, -0.2) is 9.59 Å². The van der Waals surface area contributed by atoms with E-state index in [9.17, 15) is 14.7 Å². The van der Waals surface area contributed by atoms with Crippen LogP contribution in [0.15, 0.2) is 12.1 Å². The van der Waals surface area contributed by atoms with E-state index in [0.29, 0.717) is 0 Å². The second-order valence-corrected chi connectivity index (χ2v) is 2.97. The number of benzene rings is 1. The second-order valence-electron chi connectivity index (χ2n) is 2.97. The molecule has 6 heteroatoms. The molecule has 6 nitrogen and oxygen atoms in total. The van der Waals surface area contributed by atoms with Gasteiger partial charge in [-0.2, -0.15) is 0 Å². The largest absolute Gasteiger partial charge is 0.506 e. The molecule has 0 amide bonds. The molecule has 0 saturated heterocycles. The van der Waals surface area contributed by atoms with E-state index in [4.69, 9.17) is 11.1 Å². The lowest BCUT2D eigenvalue weighted by Gasteiger charge is -2.03. The first kappa shape index (κ1) is 9.20. The minimum absolute atomic E-state index is 0.000370. The normalized spacial score (nSPS) is 13.6. The summed E-state index contributed by atoms with van der Waals surface area (Å²) in [4.78, 5) is 22.2. The van der Waals surface area contributed by atoms with Crippen molar-refractivity contribution < 1.29 is 19.4 Å². The van der Waals surface area contributed by atoms with Crippen LogP contribution in [0.4, 0.5) is 0 Å². The third-order valence-electron chi connectivity index (χ3n) is 2.08. The van der Waals surface area contributed by atoms with Crippen LogP contribution >= 0.6 is 0 Å². The fraction of sp³-hybridized carbons (Fsp3) is 0. The first-order valence-corrected chi connectivity index (χ1v) is 3.99. The van der Waals surface area contributed by atoms with Crippen molar-refractivity contribution in [1.29, 1.82) is 5.41 Å². The number of cyclic esters (lactones) is 2. The van der Waals surface area contributed by atoms with Gasteiger partial charge in [-0.1, -0.05) is 0 Å². The molecular weight excluding hydrogens is 200 g/mol. The number of nitrogens with two attached hydrogens (primary N) is 1. The van der Waals surface area contributed by atoms with Gasteiger partial charge in [0.15, 0.2) is 0 Å². The molecule has 0 saturated carbocycles. The highest BCUT2D eigenvalue weighted by atomic mass is 16.6. The standard InChI is InChI=1S/C9H6N2O4/c10-7(11)4-2-1-3-5(6(4)12)9(14)15-8(3)13/h1-2,12H,(H3,10,11). The molecule has 0 bridgehead atoms. The van der Waals surface area contributed by atoms with E-state index in [2.05, 4.69) is 4.74 Å². The van der Waals surface area contributed by atoms with Crippen LogP contribution in [-0.2, 0) is 4.74 Å². The van der Waals surface area contributed by atoms with Gasteiger partial charge in [-0.15, -0.1) is 0 Å². The second kappa shape index (κ2) is 2.81. The van der Waals surface area contributed by atoms with Crippen molar-refractivity contribution in [1.82, 2.24) is 0 Å². The zero-order chi connectivity index (χ0) is 11.2. The average Bonchev–Trinajstić information content (AvgIpc) is 2.43. The third-order valence-corrected chi connectivity index (χ3v) is 2.08. The van der Waals surface area contributed by atoms with Crippen molar-refractivity contribution in [3.63, 3.8) is 0 Å². The summed E-state index contributed by atoms with van der Waals surface area (Å²) in [7, 11) is 0. The number of phenolic OH excluding ortho intramolecular Hbond substituents is 1. The predicted molar refractivity (Wildman–Crippen MR) is 48.9 cm³/mol. The SMILES string of the molecule is N=C(N)c1ccc2c(c1O)C(=O)OC2=O. The monoisotopic (exact) mass is 206 g/mol. The molecule has 0 spiro atoms. The Hall–Kier alpha value is -2.37. The summed E-state index contributed by atoms with van der Waals surface area (Å²) in [5.41, 5.74) is 4.93. The van der Waals surface area contributed by atoms with Gasteiger partial charge < -0.3 is 15.6 Å². The summed E-state index contributed by atoms with van der Waals surface area (Å²) in [6.45, 7) is 0. The number of phenols is 1. The van der Waals surface area contributed by atoms with Gasteiger partial charge >= 0.3 is 11.9 Å². The Labute approximate surface area is 83.8 Å². The molecule has 15 heavy (non-hydrogen) atoms. The number of esters is 2. The molecule has 1 aliphatic heterocycles. The fourth-order valence-corrected chi connectivity index (χ4v) is 1.38. The predicted octanol–water partition coefficient (Wildman–Crippen LogP) is -0.0131. The first-order chi connectivity index (χ1) is 7.02. The van der Waals surface area contributed by atoms with Crippen LogP contribution in [-0.4, -0.2) is 22.9 Å². The maximum atomic E-state index is 11.2. The van der Waals surface area contributed by atoms with Gasteiger partial charge in [-0.3, -0.25) is 5.41 Å². The first-order valence-electron chi connectivity index (χ1n) is 3.99. The number of nitrogens with one attached hydrogen (secondary N) is 1. The number of aromatic hydroxyl groups is 1. The summed E-state index contributed by atoms with van der Waals surface area (Å²) in [6.07, 6.45) is 0. The quantitative estimate of drug-likeness (QED) is 0.259. The molecule has 0 unspecified atom stereocenters. The van der Waals surface area contributed by atoms with Crippen LogP contribution in [0.3, 0.4) is 0 Å². The highest BCUT2D eigenvalue weighted by Gasteiger charge is 2.34. The minimum atomic E-state index is -0.921. The molecule has 0 atom stereocenters. The Bertz CT molecular complexity index is 507. The van der Waals surface area contributed by atoms with Crippen LogP contribution in [0.5, 0.6) is 5.75 Å². The van der Waals surface area contributed by atoms with Crippen molar-refractivity contribution in [2.75, 3.05) is 0 Å². The highest BCUT2D eigenvalue weighted by molar-refractivity contribution is 6.17. The van der Waals surface area contributed by atoms with Gasteiger partial charge in [0, 0.05) is 0 Å². The number of carbonyl (C=O) groups excluding carboxylic acids is 2. The average molecular weight is 206 g/mol. The smallest absolute Gasteiger partial charge is 0.350 e. The summed E-state index contributed by atoms with van der Waals surface area (Å²) in [5.74, 6) is -2.60. The summed E-state index contributed by atoms with van der Waals surface area (Å²) < 4.78 is 4.30. The molecule has 0 aromatic heterocycles. The van der Waals surface area contributed by atoms with Gasteiger partial charge in [-0.05, 0) is 12.1 Å². The van der Waals surface area contributed by atoms with E-state index in [1.54, 1.807) is 0 Å². The number of nitrogen functional groups attached to an aromatic ring is 1. The lowest BCUT2D eigenvalue weighted by Crippen LogP contribution is -2.12. The van der Waals surface area contributed by atoms with Crippen LogP contribution in [0, 0.1) is 5.41 Å². The van der Waals surface area contributed by atoms with E-state index in [1.807, 2.05) is 0 Å². The molecule has 0 radical (unpaired) electrons. The zero-order valence-electron chi connectivity index (χ0n) is 7.40. The fourth-order valence-electron chi connectivity index (χ4n) is 1.38. The summed E-state index contributed by atoms with van der Waals surface area (Å²) >= 11 is 0. The number of carbonyl (C=O) groups is 2. The summed E-state index contributed by atoms with van der Waals surface area (Å²) in [6, 6.07) is 2.58. The molecule has 1 aromatic rings. The van der Waals surface area contributed by atoms with Gasteiger partial charge in [0.25, 0.3) is 0 Å². The number of rotatable bonds is 1. The minimum Gasteiger partial charge on any atom is -0.506 e. The van der Waals surface area contributed by atoms with Crippen LogP contribution in [0.2, 0.25) is 0 Å². The Kier molecular flexibility index (Phi) is 1.72. The third kappa shape index (κ3) is 1.15. The molecule has 1 aromatic carbocycles. The van der Waals surface area contributed by atoms with Crippen molar-refractivity contribution >= 4 is 17.8 Å². The molecule has 0 fully saturated rings. The number of hydrogen-bond donors (Lipinski definition) is 3. The Morgan fingerprint density at radius 3 is 2.60 bits per heavy atom. The highest BCUT2D eigenvalue weighted by Crippen LogP contribution is 2.31. The number of hydrogen-bond acceptors (Lipinski definition) is 5. The van der Waals surface area contributed by atoms with Crippen molar-refractivity contribution in [3.05, 3.63) is 28.8 Å². The van der Waals surface area contributed by atoms with Gasteiger partial charge in [0.05, 0.1) is 11.1 Å². The molecule has 1 aliphatic rings. The van der Waals surface area contributed by atoms with Crippen molar-refractivity contribution in [3.8, 4) is 5.75 Å². The van der Waals surface area contributed by atoms with Gasteiger partial charge in [0.2, 0.25) is 0 Å². The van der Waals surface area contributed by atoms with E-state index in [1.165, 1.54) is 12.1 Å². The van der Waals surface area contributed by atoms with Gasteiger partial charge in [0.1, 0.15) is 17.1 Å². The lowest BCUT2D eigenvalue weighted by molar-refractivity contribution is 0.0443. The molecule has 4 N–H and O–H groups in total. The van der Waals surface area contributed by atoms with E-state index in [-0.39, 0.29) is 22.5 Å². The lowest BCUT2D eigenvalue weighted by atomic mass is 10.0. The maximum Gasteiger partial charge on any atom is 0.350 e. The van der Waals surface area contributed by atoms with Crippen molar-refractivity contribution in [2.45, 2.75) is 0 Å². The topological polar surface area (TPSA) is 113 Å². The molecular formula is C9H6N2O4. The Morgan fingerprint density at radius 2 is 2.00 bits per heavy atom. The van der Waals surface area contributed by atoms with Crippen LogP contribution in [0.25, 0.3) is 0 Å². The van der Waals surface area contributed by atoms with Crippen LogP contribution in [0.1, 0.15) is 26.3 Å². The molecule has 1 heterocycles. The maximum absolute atomic E-state index is 11.2. The van der Waals surface area contributed by atoms with E-state index < -0.39 is 17.7 Å². The molecule has 76 valence electrons. The Balaban J connectivity index is 2.74. The molecule has 0 aliphatic carbocycles. The number of amidine groups is 1.